The quantitative estimate of drug-likeness (QED) is 0.215. The van der Waals surface area contributed by atoms with Crippen LogP contribution in [0.5, 0.6) is 0 Å². The molecule has 0 amide bonds. The first-order chi connectivity index (χ1) is 27.8. The van der Waals surface area contributed by atoms with E-state index in [0.29, 0.717) is 0 Å². The van der Waals surface area contributed by atoms with Crippen molar-refractivity contribution in [2.45, 2.75) is 111 Å². The van der Waals surface area contributed by atoms with Gasteiger partial charge in [0.1, 0.15) is 0 Å². The highest BCUT2D eigenvalue weighted by atomic mass is 14.6. The summed E-state index contributed by atoms with van der Waals surface area (Å²) in [4.78, 5) is 0. The van der Waals surface area contributed by atoms with Crippen LogP contribution in [0.25, 0.3) is 0 Å². The van der Waals surface area contributed by atoms with Gasteiger partial charge in [-0.15, -0.1) is 0 Å². The molecule has 0 spiro atoms. The predicted octanol–water partition coefficient (Wildman–Crippen LogP) is 14.0. The molecule has 9 aliphatic carbocycles. The van der Waals surface area contributed by atoms with Gasteiger partial charge in [-0.3, -0.25) is 0 Å². The van der Waals surface area contributed by atoms with Gasteiger partial charge in [-0.25, -0.2) is 0 Å². The highest BCUT2D eigenvalue weighted by Gasteiger charge is 2.61. The van der Waals surface area contributed by atoms with E-state index in [1.54, 1.807) is 0 Å². The molecule has 0 N–H and O–H groups in total. The molecule has 0 heterocycles. The molecule has 0 aromatic rings. The van der Waals surface area contributed by atoms with E-state index in [-0.39, 0.29) is 43.3 Å². The van der Waals surface area contributed by atoms with Crippen molar-refractivity contribution < 1.29 is 0 Å². The van der Waals surface area contributed by atoms with E-state index >= 15 is 0 Å². The maximum Gasteiger partial charge on any atom is 0.0457 e. The lowest BCUT2D eigenvalue weighted by atomic mass is 9.44. The fraction of sp³-hybridized carbons (Fsp3) is 0.400. The molecule has 0 unspecified atom stereocenters. The molecule has 4 atom stereocenters. The highest BCUT2D eigenvalue weighted by molar-refractivity contribution is 5.81. The monoisotopic (exact) mass is 780 g/mol. The van der Waals surface area contributed by atoms with Gasteiger partial charge in [0.05, 0.1) is 0 Å². The van der Waals surface area contributed by atoms with Crippen LogP contribution in [0.4, 0.5) is 0 Å². The average Bonchev–Trinajstić information content (AvgIpc) is 3.12. The van der Waals surface area contributed by atoms with Gasteiger partial charge < -0.3 is 0 Å². The van der Waals surface area contributed by atoms with Crippen LogP contribution in [0.3, 0.4) is 0 Å². The van der Waals surface area contributed by atoms with Gasteiger partial charge in [-0.1, -0.05) is 207 Å². The minimum atomic E-state index is -0.357. The SMILES string of the molecule is CC(C)(C)C1=CC2=C3C#CC#CC4=C5C=C(C(C)(C)C)C=C6C=CC7=CC(C(C)(C)C)=CC(=C4C#CC#CC3=C3C=C(C(C)(C)C)C=C4C=CC(=C1)[C@]2(C)[C@@]43C)[C@@]7(C)[C@@]65C. The first-order valence-electron chi connectivity index (χ1n) is 21.9. The van der Waals surface area contributed by atoms with Gasteiger partial charge in [-0.2, -0.15) is 0 Å². The predicted molar refractivity (Wildman–Crippen MR) is 252 cm³/mol. The molecule has 0 aliphatic heterocycles. The van der Waals surface area contributed by atoms with Crippen molar-refractivity contribution in [2.75, 3.05) is 0 Å². The zero-order valence-corrected chi connectivity index (χ0v) is 38.9. The first-order valence-corrected chi connectivity index (χ1v) is 21.9. The summed E-state index contributed by atoms with van der Waals surface area (Å²) in [7, 11) is 0. The zero-order chi connectivity index (χ0) is 43.4. The number of fused-ring (bicyclic) bond motifs is 2. The molecule has 0 nitrogen and oxygen atoms in total. The Bertz CT molecular complexity index is 2510. The summed E-state index contributed by atoms with van der Waals surface area (Å²) < 4.78 is 0. The normalized spacial score (nSPS) is 30.7. The van der Waals surface area contributed by atoms with Crippen LogP contribution in [0.15, 0.2) is 162 Å². The number of rotatable bonds is 0. The van der Waals surface area contributed by atoms with Crippen LogP contribution < -0.4 is 0 Å². The molecule has 0 radical (unpaired) electrons. The summed E-state index contributed by atoms with van der Waals surface area (Å²) in [5.41, 5.74) is 17.6. The van der Waals surface area contributed by atoms with E-state index in [0.717, 1.165) is 22.3 Å². The van der Waals surface area contributed by atoms with Crippen molar-refractivity contribution >= 4 is 0 Å². The fourth-order valence-corrected chi connectivity index (χ4v) is 11.1. The van der Waals surface area contributed by atoms with E-state index in [9.17, 15) is 0 Å². The Hall–Kier alpha value is -5.40. The van der Waals surface area contributed by atoms with Crippen molar-refractivity contribution in [3.63, 3.8) is 0 Å². The summed E-state index contributed by atoms with van der Waals surface area (Å²) in [5, 5.41) is 0. The summed E-state index contributed by atoms with van der Waals surface area (Å²) >= 11 is 0. The third-order valence-electron chi connectivity index (χ3n) is 15.7. The van der Waals surface area contributed by atoms with E-state index in [2.05, 4.69) is 231 Å². The van der Waals surface area contributed by atoms with Crippen molar-refractivity contribution in [2.24, 2.45) is 43.3 Å². The Morgan fingerprint density at radius 2 is 0.483 bits per heavy atom. The lowest BCUT2D eigenvalue weighted by molar-refractivity contribution is 0.242. The first kappa shape index (κ1) is 40.0. The van der Waals surface area contributed by atoms with Crippen LogP contribution in [0, 0.1) is 90.7 Å². The molecule has 0 aromatic carbocycles. The number of hydrogen-bond donors (Lipinski definition) is 0. The number of allylic oxidation sites excluding steroid dienone is 28. The average molecular weight is 781 g/mol. The summed E-state index contributed by atoms with van der Waals surface area (Å²) in [6.07, 6.45) is 28.9. The Labute approximate surface area is 362 Å². The van der Waals surface area contributed by atoms with E-state index < -0.39 is 0 Å². The molecule has 0 heteroatoms. The van der Waals surface area contributed by atoms with Gasteiger partial charge in [0, 0.05) is 44.0 Å². The molecule has 0 saturated carbocycles. The van der Waals surface area contributed by atoms with Crippen LogP contribution in [-0.4, -0.2) is 0 Å². The molecule has 9 aliphatic rings. The lowest BCUT2D eigenvalue weighted by Crippen LogP contribution is -2.49. The Morgan fingerprint density at radius 3 is 0.650 bits per heavy atom. The minimum Gasteiger partial charge on any atom is -0.0578 e. The molecule has 0 fully saturated rings. The topological polar surface area (TPSA) is 0 Å². The molecular formula is C60H60. The Morgan fingerprint density at radius 1 is 0.300 bits per heavy atom. The van der Waals surface area contributed by atoms with Gasteiger partial charge in [-0.05, 0) is 112 Å². The molecular weight excluding hydrogens is 721 g/mol. The third kappa shape index (κ3) is 5.17. The molecule has 0 aromatic heterocycles. The van der Waals surface area contributed by atoms with Crippen LogP contribution in [-0.2, 0) is 0 Å². The fourth-order valence-electron chi connectivity index (χ4n) is 11.1. The van der Waals surface area contributed by atoms with Gasteiger partial charge in [0.15, 0.2) is 0 Å². The van der Waals surface area contributed by atoms with Crippen molar-refractivity contribution in [3.8, 4) is 47.4 Å². The molecule has 60 heavy (non-hydrogen) atoms. The second kappa shape index (κ2) is 12.1. The van der Waals surface area contributed by atoms with Crippen molar-refractivity contribution in [3.05, 3.63) is 162 Å². The second-order valence-corrected chi connectivity index (χ2v) is 23.1. The zero-order valence-electron chi connectivity index (χ0n) is 38.9. The molecule has 9 rings (SSSR count). The Balaban J connectivity index is 1.40. The lowest BCUT2D eigenvalue weighted by Gasteiger charge is -2.58. The van der Waals surface area contributed by atoms with E-state index in [1.807, 2.05) is 0 Å². The third-order valence-corrected chi connectivity index (χ3v) is 15.7. The molecule has 300 valence electrons. The molecule has 0 bridgehead atoms. The summed E-state index contributed by atoms with van der Waals surface area (Å²) in [5.74, 6) is 28.8. The molecule has 0 saturated heterocycles. The van der Waals surface area contributed by atoms with Gasteiger partial charge in [0.25, 0.3) is 0 Å². The maximum absolute atomic E-state index is 3.73. The van der Waals surface area contributed by atoms with Crippen molar-refractivity contribution in [1.82, 2.24) is 0 Å². The largest absolute Gasteiger partial charge is 0.0578 e. The second-order valence-electron chi connectivity index (χ2n) is 23.1. The highest BCUT2D eigenvalue weighted by Crippen LogP contribution is 2.70. The van der Waals surface area contributed by atoms with E-state index in [1.165, 1.54) is 66.9 Å². The van der Waals surface area contributed by atoms with E-state index in [4.69, 9.17) is 0 Å². The van der Waals surface area contributed by atoms with Crippen LogP contribution in [0.1, 0.15) is 111 Å². The van der Waals surface area contributed by atoms with Gasteiger partial charge >= 0.3 is 0 Å². The number of hydrogen-bond acceptors (Lipinski definition) is 0. The van der Waals surface area contributed by atoms with Crippen LogP contribution >= 0.6 is 0 Å². The van der Waals surface area contributed by atoms with Crippen LogP contribution in [0.2, 0.25) is 0 Å². The van der Waals surface area contributed by atoms with Gasteiger partial charge in [0.2, 0.25) is 0 Å². The summed E-state index contributed by atoms with van der Waals surface area (Å²) in [6.45, 7) is 37.3. The minimum absolute atomic E-state index is 0.0571. The van der Waals surface area contributed by atoms with Crippen molar-refractivity contribution in [1.29, 1.82) is 0 Å². The standard InChI is InChI=1S/C60H60/c1-53(2,3)41-29-37-25-26-38-30-42(54(4,5)6)34-50-46-22-19-20-24-48-47(23-18-17-21-45(46)49(33-41)57(37,13)58(38,50)14)51-35-43(55(7,8)9)31-39-27-28-40-32-44(56(10,11)12)36-52(48)60(40,16)59(39,51)15/h25-36H,1-16H3/t57-,58-,59-,60-/m0/s1. The summed E-state index contributed by atoms with van der Waals surface area (Å²) in [6, 6.07) is 0. The smallest absolute Gasteiger partial charge is 0.0457 e. The Kier molecular flexibility index (Phi) is 8.09. The maximum atomic E-state index is 3.73.